The van der Waals surface area contributed by atoms with Gasteiger partial charge >= 0.3 is 5.97 Å². The average Bonchev–Trinajstić information content (AvgIpc) is 3.64. The number of benzene rings is 1. The number of hydrogen-bond donors (Lipinski definition) is 3. The van der Waals surface area contributed by atoms with Crippen molar-refractivity contribution in [1.82, 2.24) is 24.4 Å². The normalized spacial score (nSPS) is 19.1. The van der Waals surface area contributed by atoms with E-state index >= 15 is 4.39 Å². The molecule has 6 heterocycles. The second-order valence-corrected chi connectivity index (χ2v) is 11.4. The van der Waals surface area contributed by atoms with Gasteiger partial charge in [-0.25, -0.2) is 19.2 Å². The molecule has 0 bridgehead atoms. The first kappa shape index (κ1) is 25.7. The van der Waals surface area contributed by atoms with Crippen LogP contribution < -0.4 is 15.6 Å². The molecule has 7 rings (SSSR count). The van der Waals surface area contributed by atoms with Crippen LogP contribution >= 0.6 is 11.6 Å². The summed E-state index contributed by atoms with van der Waals surface area (Å²) in [4.78, 5) is 42.2. The van der Waals surface area contributed by atoms with Crippen LogP contribution in [0.5, 0.6) is 0 Å². The Morgan fingerprint density at radius 1 is 1.20 bits per heavy atom. The minimum absolute atomic E-state index is 0.00364. The standard InChI is InChI=1S/C29H27ClFN7O3/c1-32-19-7-18(30)23(31)21-22-25(38-5-4-13-10-36(2)12-20(13)38)16(9-33-27(22)35-24(19)21)14-6-15-26(39)17(29(40)41)11-37(3)28(15)34-8-14/h6-9,11,13,20,32H,4-5,10,12H2,1-3H3,(H,33,35)(H,40,41). The zero-order chi connectivity index (χ0) is 28.7. The van der Waals surface area contributed by atoms with Crippen LogP contribution in [0.3, 0.4) is 0 Å². The summed E-state index contributed by atoms with van der Waals surface area (Å²) >= 11 is 6.38. The second kappa shape index (κ2) is 9.15. The highest BCUT2D eigenvalue weighted by molar-refractivity contribution is 6.33. The predicted molar refractivity (Wildman–Crippen MR) is 158 cm³/mol. The molecular weight excluding hydrogens is 549 g/mol. The van der Waals surface area contributed by atoms with E-state index in [1.165, 1.54) is 10.8 Å². The summed E-state index contributed by atoms with van der Waals surface area (Å²) in [6, 6.07) is 3.42. The number of aromatic amines is 1. The van der Waals surface area contributed by atoms with E-state index in [1.807, 2.05) is 0 Å². The number of aryl methyl sites for hydroxylation is 1. The highest BCUT2D eigenvalue weighted by Crippen LogP contribution is 2.47. The quantitative estimate of drug-likeness (QED) is 0.290. The zero-order valence-corrected chi connectivity index (χ0v) is 23.4. The molecule has 2 saturated heterocycles. The second-order valence-electron chi connectivity index (χ2n) is 11.0. The number of anilines is 2. The van der Waals surface area contributed by atoms with Crippen LogP contribution in [0, 0.1) is 11.7 Å². The molecule has 0 amide bonds. The maximum absolute atomic E-state index is 15.9. The Labute approximate surface area is 238 Å². The van der Waals surface area contributed by atoms with Crippen molar-refractivity contribution >= 4 is 61.9 Å². The van der Waals surface area contributed by atoms with Crippen LogP contribution in [0.25, 0.3) is 44.1 Å². The number of aromatic nitrogens is 4. The fourth-order valence-electron chi connectivity index (χ4n) is 6.76. The molecule has 3 N–H and O–H groups in total. The number of likely N-dealkylation sites (tertiary alicyclic amines) is 1. The number of carboxylic acids is 1. The zero-order valence-electron chi connectivity index (χ0n) is 22.6. The van der Waals surface area contributed by atoms with E-state index in [-0.39, 0.29) is 22.0 Å². The molecule has 2 fully saturated rings. The van der Waals surface area contributed by atoms with Gasteiger partial charge in [-0.05, 0) is 31.5 Å². The lowest BCUT2D eigenvalue weighted by atomic mass is 9.99. The number of nitrogens with zero attached hydrogens (tertiary/aromatic N) is 5. The van der Waals surface area contributed by atoms with Gasteiger partial charge in [0.1, 0.15) is 16.9 Å². The fraction of sp³-hybridized carbons (Fsp3) is 0.310. The number of carbonyl (C=O) groups is 1. The Morgan fingerprint density at radius 3 is 2.76 bits per heavy atom. The van der Waals surface area contributed by atoms with Crippen molar-refractivity contribution in [2.45, 2.75) is 12.5 Å². The van der Waals surface area contributed by atoms with E-state index in [0.29, 0.717) is 50.3 Å². The molecule has 12 heteroatoms. The third-order valence-electron chi connectivity index (χ3n) is 8.61. The molecule has 2 atom stereocenters. The third kappa shape index (κ3) is 3.72. The lowest BCUT2D eigenvalue weighted by molar-refractivity contribution is 0.0695. The molecule has 10 nitrogen and oxygen atoms in total. The number of halogens is 2. The lowest BCUT2D eigenvalue weighted by Gasteiger charge is -2.29. The van der Waals surface area contributed by atoms with Crippen LogP contribution in [0.15, 0.2) is 35.5 Å². The van der Waals surface area contributed by atoms with Crippen molar-refractivity contribution in [3.8, 4) is 11.1 Å². The smallest absolute Gasteiger partial charge is 0.341 e. The number of nitrogens with one attached hydrogen (secondary N) is 2. The molecule has 0 radical (unpaired) electrons. The van der Waals surface area contributed by atoms with Gasteiger partial charge in [-0.3, -0.25) is 4.79 Å². The summed E-state index contributed by atoms with van der Waals surface area (Å²) in [6.07, 6.45) is 5.63. The molecule has 4 aromatic heterocycles. The van der Waals surface area contributed by atoms with Crippen LogP contribution in [0.4, 0.5) is 15.8 Å². The van der Waals surface area contributed by atoms with Crippen molar-refractivity contribution in [3.63, 3.8) is 0 Å². The van der Waals surface area contributed by atoms with E-state index < -0.39 is 17.2 Å². The summed E-state index contributed by atoms with van der Waals surface area (Å²) in [7, 11) is 5.51. The largest absolute Gasteiger partial charge is 0.477 e. The Morgan fingerprint density at radius 2 is 2.00 bits per heavy atom. The number of pyridine rings is 3. The van der Waals surface area contributed by atoms with Crippen molar-refractivity contribution < 1.29 is 14.3 Å². The van der Waals surface area contributed by atoms with Gasteiger partial charge in [0.05, 0.1) is 38.1 Å². The van der Waals surface area contributed by atoms with Crippen molar-refractivity contribution in [2.75, 3.05) is 43.9 Å². The molecule has 1 aromatic carbocycles. The molecule has 0 spiro atoms. The first-order valence-corrected chi connectivity index (χ1v) is 13.7. The van der Waals surface area contributed by atoms with E-state index in [0.717, 1.165) is 31.7 Å². The maximum Gasteiger partial charge on any atom is 0.341 e. The predicted octanol–water partition coefficient (Wildman–Crippen LogP) is 4.30. The first-order chi connectivity index (χ1) is 19.7. The third-order valence-corrected chi connectivity index (χ3v) is 8.88. The molecule has 2 aliphatic heterocycles. The minimum Gasteiger partial charge on any atom is -0.477 e. The number of carboxylic acid groups (broad SMARTS) is 1. The summed E-state index contributed by atoms with van der Waals surface area (Å²) in [5.41, 5.74) is 3.19. The van der Waals surface area contributed by atoms with Gasteiger partial charge in [0.2, 0.25) is 5.43 Å². The van der Waals surface area contributed by atoms with Gasteiger partial charge in [0, 0.05) is 69.5 Å². The number of likely N-dealkylation sites (N-methyl/N-ethyl adjacent to an activating group) is 1. The molecule has 0 saturated carbocycles. The van der Waals surface area contributed by atoms with Gasteiger partial charge in [0.15, 0.2) is 5.82 Å². The molecular formula is C29H27ClFN7O3. The molecule has 210 valence electrons. The summed E-state index contributed by atoms with van der Waals surface area (Å²) in [5.74, 6) is -1.38. The molecule has 41 heavy (non-hydrogen) atoms. The van der Waals surface area contributed by atoms with Crippen molar-refractivity contribution in [1.29, 1.82) is 0 Å². The Bertz CT molecular complexity index is 1990. The Hall–Kier alpha value is -4.22. The highest BCUT2D eigenvalue weighted by atomic mass is 35.5. The Kier molecular flexibility index (Phi) is 5.74. The van der Waals surface area contributed by atoms with Gasteiger partial charge in [-0.2, -0.15) is 0 Å². The molecule has 5 aromatic rings. The summed E-state index contributed by atoms with van der Waals surface area (Å²) < 4.78 is 17.4. The van der Waals surface area contributed by atoms with E-state index in [9.17, 15) is 14.7 Å². The van der Waals surface area contributed by atoms with Gasteiger partial charge in [0.25, 0.3) is 0 Å². The minimum atomic E-state index is -1.30. The topological polar surface area (TPSA) is 119 Å². The molecule has 2 unspecified atom stereocenters. The van der Waals surface area contributed by atoms with E-state index in [2.05, 4.69) is 32.1 Å². The first-order valence-electron chi connectivity index (χ1n) is 13.4. The SMILES string of the molecule is CNc1cc(Cl)c(F)c2c1[nH]c1ncc(-c3cnc4c(c3)c(=O)c(C(=O)O)cn4C)c(N3CCC4CN(C)CC43)c12. The molecule has 0 aliphatic carbocycles. The van der Waals surface area contributed by atoms with Gasteiger partial charge < -0.3 is 29.8 Å². The molecule has 2 aliphatic rings. The monoisotopic (exact) mass is 575 g/mol. The van der Waals surface area contributed by atoms with E-state index in [4.69, 9.17) is 16.6 Å². The van der Waals surface area contributed by atoms with Crippen LogP contribution in [0.2, 0.25) is 5.02 Å². The summed E-state index contributed by atoms with van der Waals surface area (Å²) in [6.45, 7) is 2.61. The summed E-state index contributed by atoms with van der Waals surface area (Å²) in [5, 5.41) is 13.8. The van der Waals surface area contributed by atoms with Crippen LogP contribution in [-0.4, -0.2) is 75.3 Å². The maximum atomic E-state index is 15.9. The van der Waals surface area contributed by atoms with Crippen molar-refractivity contribution in [3.05, 3.63) is 57.3 Å². The average molecular weight is 576 g/mol. The van der Waals surface area contributed by atoms with E-state index in [1.54, 1.807) is 38.6 Å². The fourth-order valence-corrected chi connectivity index (χ4v) is 6.97. The van der Waals surface area contributed by atoms with Crippen molar-refractivity contribution in [2.24, 2.45) is 13.0 Å². The number of aromatic carboxylic acids is 1. The lowest BCUT2D eigenvalue weighted by Crippen LogP contribution is -2.35. The van der Waals surface area contributed by atoms with Gasteiger partial charge in [-0.15, -0.1) is 0 Å². The number of H-pyrrole nitrogens is 1. The Balaban J connectivity index is 1.57. The number of hydrogen-bond acceptors (Lipinski definition) is 7. The van der Waals surface area contributed by atoms with Gasteiger partial charge in [-0.1, -0.05) is 11.6 Å². The highest BCUT2D eigenvalue weighted by Gasteiger charge is 2.42. The van der Waals surface area contributed by atoms with Crippen LogP contribution in [-0.2, 0) is 7.05 Å². The number of fused-ring (bicyclic) bond motifs is 5. The van der Waals surface area contributed by atoms with Crippen LogP contribution in [0.1, 0.15) is 16.8 Å². The number of rotatable bonds is 4.